The van der Waals surface area contributed by atoms with Crippen LogP contribution in [0.5, 0.6) is 5.75 Å². The minimum absolute atomic E-state index is 0.0475. The Morgan fingerprint density at radius 2 is 2.29 bits per heavy atom. The lowest BCUT2D eigenvalue weighted by Gasteiger charge is -2.23. The number of amides is 1. The molecular formula is C9H9FN2O2. The van der Waals surface area contributed by atoms with Gasteiger partial charge in [0, 0.05) is 11.8 Å². The zero-order chi connectivity index (χ0) is 10.3. The second-order valence-electron chi connectivity index (χ2n) is 3.13. The summed E-state index contributed by atoms with van der Waals surface area (Å²) in [5.41, 5.74) is 5.95. The van der Waals surface area contributed by atoms with E-state index < -0.39 is 11.9 Å². The third kappa shape index (κ3) is 1.26. The summed E-state index contributed by atoms with van der Waals surface area (Å²) in [6, 6.07) is 2.62. The van der Waals surface area contributed by atoms with E-state index in [0.717, 1.165) is 6.07 Å². The van der Waals surface area contributed by atoms with Crippen molar-refractivity contribution in [3.05, 3.63) is 17.9 Å². The van der Waals surface area contributed by atoms with Gasteiger partial charge in [0.1, 0.15) is 0 Å². The molecule has 0 spiro atoms. The minimum Gasteiger partial charge on any atom is -0.476 e. The average Bonchev–Trinajstić information content (AvgIpc) is 2.08. The first kappa shape index (κ1) is 8.80. The Morgan fingerprint density at radius 3 is 3.00 bits per heavy atom. The van der Waals surface area contributed by atoms with E-state index in [1.807, 2.05) is 0 Å². The van der Waals surface area contributed by atoms with Gasteiger partial charge in [-0.15, -0.1) is 0 Å². The number of rotatable bonds is 0. The fraction of sp³-hybridized carbons (Fsp3) is 0.222. The van der Waals surface area contributed by atoms with Gasteiger partial charge in [-0.25, -0.2) is 4.39 Å². The van der Waals surface area contributed by atoms with E-state index in [-0.39, 0.29) is 23.0 Å². The molecular weight excluding hydrogens is 187 g/mol. The molecule has 1 amide bonds. The summed E-state index contributed by atoms with van der Waals surface area (Å²) < 4.78 is 18.4. The molecule has 14 heavy (non-hydrogen) atoms. The number of anilines is 2. The number of fused-ring (bicyclic) bond motifs is 1. The smallest absolute Gasteiger partial charge is 0.265 e. The molecule has 0 bridgehead atoms. The van der Waals surface area contributed by atoms with Gasteiger partial charge in [0.05, 0.1) is 5.69 Å². The number of ether oxygens (including phenoxy) is 1. The fourth-order valence-corrected chi connectivity index (χ4v) is 1.29. The summed E-state index contributed by atoms with van der Waals surface area (Å²) in [6.07, 6.45) is -0.680. The number of carbonyl (C=O) groups excluding carboxylic acids is 1. The number of hydrogen-bond donors (Lipinski definition) is 2. The van der Waals surface area contributed by atoms with Crippen molar-refractivity contribution in [2.24, 2.45) is 0 Å². The van der Waals surface area contributed by atoms with Crippen molar-refractivity contribution < 1.29 is 13.9 Å². The predicted molar refractivity (Wildman–Crippen MR) is 49.5 cm³/mol. The number of nitrogen functional groups attached to an aromatic ring is 1. The Morgan fingerprint density at radius 1 is 1.57 bits per heavy atom. The SMILES string of the molecule is CC1Oc2c(F)cc(N)cc2NC1=O. The molecule has 0 aromatic heterocycles. The molecule has 0 saturated heterocycles. The van der Waals surface area contributed by atoms with Crippen LogP contribution >= 0.6 is 0 Å². The summed E-state index contributed by atoms with van der Waals surface area (Å²) >= 11 is 0. The molecule has 1 heterocycles. The molecule has 3 N–H and O–H groups in total. The largest absolute Gasteiger partial charge is 0.476 e. The summed E-state index contributed by atoms with van der Waals surface area (Å²) in [4.78, 5) is 11.2. The maximum atomic E-state index is 13.3. The van der Waals surface area contributed by atoms with Crippen LogP contribution in [0, 0.1) is 5.82 Å². The van der Waals surface area contributed by atoms with Gasteiger partial charge < -0.3 is 15.8 Å². The van der Waals surface area contributed by atoms with Gasteiger partial charge in [-0.2, -0.15) is 0 Å². The Kier molecular flexibility index (Phi) is 1.80. The standard InChI is InChI=1S/C9H9FN2O2/c1-4-9(13)12-7-3-5(11)2-6(10)8(7)14-4/h2-4H,11H2,1H3,(H,12,13). The lowest BCUT2D eigenvalue weighted by Crippen LogP contribution is -2.34. The first-order chi connectivity index (χ1) is 6.58. The molecule has 0 saturated carbocycles. The normalized spacial score (nSPS) is 19.6. The summed E-state index contributed by atoms with van der Waals surface area (Å²) in [7, 11) is 0. The van der Waals surface area contributed by atoms with Crippen molar-refractivity contribution in [3.8, 4) is 5.75 Å². The van der Waals surface area contributed by atoms with Crippen molar-refractivity contribution in [1.29, 1.82) is 0 Å². The maximum Gasteiger partial charge on any atom is 0.265 e. The van der Waals surface area contributed by atoms with Gasteiger partial charge >= 0.3 is 0 Å². The van der Waals surface area contributed by atoms with Crippen molar-refractivity contribution in [2.75, 3.05) is 11.1 Å². The van der Waals surface area contributed by atoms with Gasteiger partial charge in [0.2, 0.25) is 0 Å². The van der Waals surface area contributed by atoms with Crippen LogP contribution in [0.2, 0.25) is 0 Å². The quantitative estimate of drug-likeness (QED) is 0.611. The van der Waals surface area contributed by atoms with E-state index in [1.165, 1.54) is 6.07 Å². The summed E-state index contributed by atoms with van der Waals surface area (Å²) in [5.74, 6) is -0.819. The second-order valence-corrected chi connectivity index (χ2v) is 3.13. The lowest BCUT2D eigenvalue weighted by atomic mass is 10.2. The zero-order valence-corrected chi connectivity index (χ0v) is 7.50. The van der Waals surface area contributed by atoms with Crippen LogP contribution in [0.1, 0.15) is 6.92 Å². The molecule has 1 aliphatic rings. The zero-order valence-electron chi connectivity index (χ0n) is 7.50. The highest BCUT2D eigenvalue weighted by molar-refractivity contribution is 5.98. The van der Waals surface area contributed by atoms with E-state index in [0.29, 0.717) is 0 Å². The average molecular weight is 196 g/mol. The van der Waals surface area contributed by atoms with Gasteiger partial charge in [0.15, 0.2) is 17.7 Å². The van der Waals surface area contributed by atoms with Gasteiger partial charge in [0.25, 0.3) is 5.91 Å². The molecule has 1 unspecified atom stereocenters. The van der Waals surface area contributed by atoms with Crippen molar-refractivity contribution in [2.45, 2.75) is 13.0 Å². The lowest BCUT2D eigenvalue weighted by molar-refractivity contribution is -0.122. The monoisotopic (exact) mass is 196 g/mol. The summed E-state index contributed by atoms with van der Waals surface area (Å²) in [6.45, 7) is 1.55. The number of halogens is 1. The number of carbonyl (C=O) groups is 1. The third-order valence-corrected chi connectivity index (χ3v) is 1.99. The first-order valence-corrected chi connectivity index (χ1v) is 4.14. The van der Waals surface area contributed by atoms with E-state index in [9.17, 15) is 9.18 Å². The Labute approximate surface area is 79.9 Å². The van der Waals surface area contributed by atoms with E-state index in [4.69, 9.17) is 10.5 Å². The van der Waals surface area contributed by atoms with Gasteiger partial charge in [-0.05, 0) is 13.0 Å². The highest BCUT2D eigenvalue weighted by Crippen LogP contribution is 2.34. The minimum atomic E-state index is -0.680. The van der Waals surface area contributed by atoms with E-state index in [1.54, 1.807) is 6.92 Å². The van der Waals surface area contributed by atoms with Crippen LogP contribution in [0.25, 0.3) is 0 Å². The van der Waals surface area contributed by atoms with Crippen LogP contribution < -0.4 is 15.8 Å². The Balaban J connectivity index is 2.51. The first-order valence-electron chi connectivity index (χ1n) is 4.14. The van der Waals surface area contributed by atoms with Crippen molar-refractivity contribution >= 4 is 17.3 Å². The van der Waals surface area contributed by atoms with Crippen LogP contribution in [-0.2, 0) is 4.79 Å². The molecule has 2 rings (SSSR count). The Bertz CT molecular complexity index is 406. The van der Waals surface area contributed by atoms with Crippen molar-refractivity contribution in [1.82, 2.24) is 0 Å². The molecule has 1 atom stereocenters. The molecule has 1 aliphatic heterocycles. The van der Waals surface area contributed by atoms with Gasteiger partial charge in [-0.3, -0.25) is 4.79 Å². The van der Waals surface area contributed by atoms with Crippen LogP contribution in [0.3, 0.4) is 0 Å². The molecule has 0 aliphatic carbocycles. The number of benzene rings is 1. The Hall–Kier alpha value is -1.78. The maximum absolute atomic E-state index is 13.3. The molecule has 1 aromatic rings. The van der Waals surface area contributed by atoms with Crippen LogP contribution in [-0.4, -0.2) is 12.0 Å². The molecule has 0 fully saturated rings. The van der Waals surface area contributed by atoms with Crippen LogP contribution in [0.15, 0.2) is 12.1 Å². The molecule has 5 heteroatoms. The van der Waals surface area contributed by atoms with Gasteiger partial charge in [-0.1, -0.05) is 0 Å². The third-order valence-electron chi connectivity index (χ3n) is 1.99. The highest BCUT2D eigenvalue weighted by Gasteiger charge is 2.26. The molecule has 74 valence electrons. The van der Waals surface area contributed by atoms with Crippen LogP contribution in [0.4, 0.5) is 15.8 Å². The molecule has 1 aromatic carbocycles. The molecule has 0 radical (unpaired) electrons. The van der Waals surface area contributed by atoms with E-state index >= 15 is 0 Å². The number of nitrogens with two attached hydrogens (primary N) is 1. The van der Waals surface area contributed by atoms with Crippen molar-refractivity contribution in [3.63, 3.8) is 0 Å². The number of hydrogen-bond acceptors (Lipinski definition) is 3. The summed E-state index contributed by atoms with van der Waals surface area (Å²) in [5, 5.41) is 2.51. The topological polar surface area (TPSA) is 64.3 Å². The number of nitrogens with one attached hydrogen (secondary N) is 1. The highest BCUT2D eigenvalue weighted by atomic mass is 19.1. The second kappa shape index (κ2) is 2.87. The predicted octanol–water partition coefficient (Wildman–Crippen LogP) is 1.13. The van der Waals surface area contributed by atoms with E-state index in [2.05, 4.69) is 5.32 Å². The molecule has 4 nitrogen and oxygen atoms in total. The fourth-order valence-electron chi connectivity index (χ4n) is 1.29.